The summed E-state index contributed by atoms with van der Waals surface area (Å²) in [6.45, 7) is 4.35. The van der Waals surface area contributed by atoms with E-state index in [1.165, 1.54) is 25.7 Å². The molecular formula is C16H22Cl3N. The first-order valence-electron chi connectivity index (χ1n) is 7.41. The average Bonchev–Trinajstić information content (AvgIpc) is 2.44. The molecule has 1 aromatic carbocycles. The molecule has 1 saturated carbocycles. The molecule has 0 heterocycles. The molecular weight excluding hydrogens is 313 g/mol. The van der Waals surface area contributed by atoms with E-state index in [2.05, 4.69) is 12.2 Å². The van der Waals surface area contributed by atoms with E-state index in [4.69, 9.17) is 34.8 Å². The minimum absolute atomic E-state index is 0.576. The molecule has 1 aliphatic rings. The monoisotopic (exact) mass is 333 g/mol. The predicted octanol–water partition coefficient (Wildman–Crippen LogP) is 5.61. The van der Waals surface area contributed by atoms with E-state index in [-0.39, 0.29) is 0 Å². The molecule has 20 heavy (non-hydrogen) atoms. The molecule has 4 heteroatoms. The molecule has 1 nitrogen and oxygen atoms in total. The van der Waals surface area contributed by atoms with Crippen LogP contribution in [-0.4, -0.2) is 13.1 Å². The van der Waals surface area contributed by atoms with E-state index in [1.54, 1.807) is 6.07 Å². The smallest absolute Gasteiger partial charge is 0.0639 e. The van der Waals surface area contributed by atoms with Crippen molar-refractivity contribution in [1.82, 2.24) is 5.32 Å². The van der Waals surface area contributed by atoms with Crippen molar-refractivity contribution < 1.29 is 0 Å². The predicted molar refractivity (Wildman–Crippen MR) is 89.2 cm³/mol. The van der Waals surface area contributed by atoms with Crippen molar-refractivity contribution in [2.45, 2.75) is 39.0 Å². The molecule has 1 aromatic rings. The van der Waals surface area contributed by atoms with Crippen LogP contribution in [0.4, 0.5) is 0 Å². The van der Waals surface area contributed by atoms with Crippen LogP contribution in [0.2, 0.25) is 15.1 Å². The summed E-state index contributed by atoms with van der Waals surface area (Å²) in [4.78, 5) is 0. The fraction of sp³-hybridized carbons (Fsp3) is 0.625. The fourth-order valence-electron chi connectivity index (χ4n) is 2.85. The summed E-state index contributed by atoms with van der Waals surface area (Å²) in [6.07, 6.45) is 6.28. The minimum atomic E-state index is 0.576. The summed E-state index contributed by atoms with van der Waals surface area (Å²) in [7, 11) is 0. The van der Waals surface area contributed by atoms with E-state index >= 15 is 0 Å². The quantitative estimate of drug-likeness (QED) is 0.545. The third-order valence-electron chi connectivity index (χ3n) is 4.26. The molecule has 0 spiro atoms. The van der Waals surface area contributed by atoms with Gasteiger partial charge in [-0.2, -0.15) is 0 Å². The van der Waals surface area contributed by atoms with Gasteiger partial charge in [0.25, 0.3) is 0 Å². The number of hydrogen-bond donors (Lipinski definition) is 1. The van der Waals surface area contributed by atoms with Crippen molar-refractivity contribution in [3.05, 3.63) is 32.8 Å². The summed E-state index contributed by atoms with van der Waals surface area (Å²) < 4.78 is 0. The maximum Gasteiger partial charge on any atom is 0.0639 e. The van der Waals surface area contributed by atoms with Crippen LogP contribution in [0, 0.1) is 11.8 Å². The van der Waals surface area contributed by atoms with Crippen LogP contribution in [0.5, 0.6) is 0 Å². The topological polar surface area (TPSA) is 12.0 Å². The largest absolute Gasteiger partial charge is 0.316 e. The molecule has 0 amide bonds. The summed E-state index contributed by atoms with van der Waals surface area (Å²) >= 11 is 18.4. The van der Waals surface area contributed by atoms with Crippen LogP contribution < -0.4 is 5.32 Å². The van der Waals surface area contributed by atoms with E-state index in [1.807, 2.05) is 6.07 Å². The lowest BCUT2D eigenvalue weighted by atomic mass is 9.83. The van der Waals surface area contributed by atoms with Gasteiger partial charge < -0.3 is 5.32 Å². The number of hydrogen-bond acceptors (Lipinski definition) is 1. The van der Waals surface area contributed by atoms with Crippen molar-refractivity contribution >= 4 is 34.8 Å². The van der Waals surface area contributed by atoms with Crippen molar-refractivity contribution in [3.8, 4) is 0 Å². The van der Waals surface area contributed by atoms with E-state index in [0.29, 0.717) is 15.1 Å². The van der Waals surface area contributed by atoms with Crippen LogP contribution in [0.3, 0.4) is 0 Å². The molecule has 0 bridgehead atoms. The van der Waals surface area contributed by atoms with Crippen molar-refractivity contribution in [2.24, 2.45) is 11.8 Å². The molecule has 0 unspecified atom stereocenters. The minimum Gasteiger partial charge on any atom is -0.316 e. The van der Waals surface area contributed by atoms with Gasteiger partial charge in [-0.1, -0.05) is 54.6 Å². The van der Waals surface area contributed by atoms with Crippen LogP contribution >= 0.6 is 34.8 Å². The second-order valence-electron chi connectivity index (χ2n) is 5.90. The highest BCUT2D eigenvalue weighted by Gasteiger charge is 2.17. The summed E-state index contributed by atoms with van der Waals surface area (Å²) in [5, 5.41) is 5.40. The molecule has 0 aliphatic heterocycles. The average molecular weight is 335 g/mol. The van der Waals surface area contributed by atoms with E-state index in [0.717, 1.165) is 36.9 Å². The van der Waals surface area contributed by atoms with Gasteiger partial charge in [0.1, 0.15) is 0 Å². The molecule has 2 rings (SSSR count). The highest BCUT2D eigenvalue weighted by Crippen LogP contribution is 2.31. The Morgan fingerprint density at radius 1 is 1.05 bits per heavy atom. The van der Waals surface area contributed by atoms with Gasteiger partial charge in [-0.3, -0.25) is 0 Å². The van der Waals surface area contributed by atoms with Crippen LogP contribution in [0.1, 0.15) is 38.2 Å². The van der Waals surface area contributed by atoms with Gasteiger partial charge in [0.15, 0.2) is 0 Å². The maximum atomic E-state index is 6.20. The van der Waals surface area contributed by atoms with Gasteiger partial charge in [-0.05, 0) is 61.9 Å². The van der Waals surface area contributed by atoms with Gasteiger partial charge in [-0.25, -0.2) is 0 Å². The zero-order valence-electron chi connectivity index (χ0n) is 11.9. The van der Waals surface area contributed by atoms with Crippen LogP contribution in [0.15, 0.2) is 12.1 Å². The second-order valence-corrected chi connectivity index (χ2v) is 7.09. The summed E-state index contributed by atoms with van der Waals surface area (Å²) in [6, 6.07) is 3.56. The Kier molecular flexibility index (Phi) is 6.48. The maximum absolute atomic E-state index is 6.20. The van der Waals surface area contributed by atoms with Gasteiger partial charge in [0.05, 0.1) is 10.0 Å². The Labute approximate surface area is 137 Å². The fourth-order valence-corrected chi connectivity index (χ4v) is 3.59. The lowest BCUT2D eigenvalue weighted by molar-refractivity contribution is 0.282. The molecule has 1 fully saturated rings. The molecule has 112 valence electrons. The number of nitrogens with one attached hydrogen (secondary N) is 1. The number of rotatable bonds is 5. The lowest BCUT2D eigenvalue weighted by Crippen LogP contribution is -2.27. The third-order valence-corrected chi connectivity index (χ3v) is 5.46. The lowest BCUT2D eigenvalue weighted by Gasteiger charge is -2.26. The standard InChI is InChI=1S/C16H22Cl3N/c1-11-2-4-12(5-3-11)10-20-9-8-13-14(17)6-7-15(18)16(13)19/h6-7,11-12,20H,2-5,8-10H2,1H3. The molecule has 0 saturated heterocycles. The van der Waals surface area contributed by atoms with Crippen molar-refractivity contribution in [3.63, 3.8) is 0 Å². The first kappa shape index (κ1) is 16.4. The Bertz CT molecular complexity index is 440. The van der Waals surface area contributed by atoms with E-state index < -0.39 is 0 Å². The second kappa shape index (κ2) is 7.89. The zero-order chi connectivity index (χ0) is 14.5. The molecule has 1 N–H and O–H groups in total. The first-order chi connectivity index (χ1) is 9.58. The van der Waals surface area contributed by atoms with Gasteiger partial charge >= 0.3 is 0 Å². The molecule has 0 aromatic heterocycles. The van der Waals surface area contributed by atoms with Gasteiger partial charge in [0.2, 0.25) is 0 Å². The Balaban J connectivity index is 1.75. The Morgan fingerprint density at radius 3 is 2.40 bits per heavy atom. The van der Waals surface area contributed by atoms with Gasteiger partial charge in [-0.15, -0.1) is 0 Å². The van der Waals surface area contributed by atoms with Gasteiger partial charge in [0, 0.05) is 5.02 Å². The highest BCUT2D eigenvalue weighted by atomic mass is 35.5. The SMILES string of the molecule is CC1CCC(CNCCc2c(Cl)ccc(Cl)c2Cl)CC1. The summed E-state index contributed by atoms with van der Waals surface area (Å²) in [5.41, 5.74) is 0.950. The normalized spacial score (nSPS) is 23.0. The van der Waals surface area contributed by atoms with E-state index in [9.17, 15) is 0 Å². The van der Waals surface area contributed by atoms with Crippen LogP contribution in [0.25, 0.3) is 0 Å². The Hall–Kier alpha value is 0.0500. The Morgan fingerprint density at radius 2 is 1.70 bits per heavy atom. The third kappa shape index (κ3) is 4.53. The summed E-state index contributed by atoms with van der Waals surface area (Å²) in [5.74, 6) is 1.74. The van der Waals surface area contributed by atoms with Crippen molar-refractivity contribution in [1.29, 1.82) is 0 Å². The van der Waals surface area contributed by atoms with Crippen LogP contribution in [-0.2, 0) is 6.42 Å². The number of benzene rings is 1. The zero-order valence-corrected chi connectivity index (χ0v) is 14.2. The molecule has 0 atom stereocenters. The first-order valence-corrected chi connectivity index (χ1v) is 8.54. The molecule has 1 aliphatic carbocycles. The highest BCUT2D eigenvalue weighted by molar-refractivity contribution is 6.44. The van der Waals surface area contributed by atoms with Crippen molar-refractivity contribution in [2.75, 3.05) is 13.1 Å². The molecule has 0 radical (unpaired) electrons. The number of halogens is 3.